The number of carbonyl (C=O) groups excluding carboxylic acids is 1. The van der Waals surface area contributed by atoms with E-state index in [0.29, 0.717) is 12.5 Å². The predicted molar refractivity (Wildman–Crippen MR) is 82.9 cm³/mol. The summed E-state index contributed by atoms with van der Waals surface area (Å²) in [4.78, 5) is 22.5. The maximum absolute atomic E-state index is 11.9. The zero-order chi connectivity index (χ0) is 14.1. The van der Waals surface area contributed by atoms with Gasteiger partial charge in [0.2, 0.25) is 0 Å². The lowest BCUT2D eigenvalue weighted by molar-refractivity contribution is 0.0968. The van der Waals surface area contributed by atoms with Crippen LogP contribution in [0.1, 0.15) is 48.0 Å². The molecule has 0 N–H and O–H groups in total. The molecule has 0 bridgehead atoms. The van der Waals surface area contributed by atoms with E-state index < -0.39 is 0 Å². The van der Waals surface area contributed by atoms with E-state index in [2.05, 4.69) is 28.8 Å². The third kappa shape index (κ3) is 2.61. The Balaban J connectivity index is 1.71. The fraction of sp³-hybridized carbons (Fsp3) is 0.733. The van der Waals surface area contributed by atoms with Crippen LogP contribution in [0.3, 0.4) is 0 Å². The number of hydrogen-bond acceptors (Lipinski definition) is 5. The van der Waals surface area contributed by atoms with E-state index >= 15 is 0 Å². The number of likely N-dealkylation sites (N-methyl/N-ethyl adjacent to an activating group) is 2. The average molecular weight is 293 g/mol. The van der Waals surface area contributed by atoms with E-state index in [0.717, 1.165) is 36.8 Å². The minimum absolute atomic E-state index is 0.234. The van der Waals surface area contributed by atoms with Gasteiger partial charge in [-0.3, -0.25) is 9.69 Å². The molecule has 1 aliphatic heterocycles. The van der Waals surface area contributed by atoms with E-state index in [-0.39, 0.29) is 5.78 Å². The molecule has 0 spiro atoms. The summed E-state index contributed by atoms with van der Waals surface area (Å²) >= 11 is 1.71. The van der Waals surface area contributed by atoms with Crippen molar-refractivity contribution in [2.24, 2.45) is 0 Å². The molecular formula is C15H23N3OS. The lowest BCUT2D eigenvalue weighted by Gasteiger charge is -2.27. The van der Waals surface area contributed by atoms with Crippen molar-refractivity contribution in [2.75, 3.05) is 31.6 Å². The molecule has 1 saturated heterocycles. The standard InChI is InChI=1S/C15H23N3OS/c1-3-18-9-5-6-11(18)10-17(2)15-16-14-12(19)7-4-8-13(14)20-15/h11H,3-10H2,1-2H3. The Labute approximate surface area is 124 Å². The van der Waals surface area contributed by atoms with Crippen molar-refractivity contribution in [2.45, 2.75) is 45.1 Å². The Bertz CT molecular complexity index is 499. The van der Waals surface area contributed by atoms with Gasteiger partial charge in [0.1, 0.15) is 5.69 Å². The molecule has 2 heterocycles. The van der Waals surface area contributed by atoms with E-state index in [4.69, 9.17) is 0 Å². The Morgan fingerprint density at radius 2 is 2.25 bits per heavy atom. The van der Waals surface area contributed by atoms with Crippen LogP contribution in [-0.4, -0.2) is 48.4 Å². The first-order chi connectivity index (χ1) is 9.69. The van der Waals surface area contributed by atoms with Gasteiger partial charge in [0, 0.05) is 30.9 Å². The Kier molecular flexibility index (Phi) is 4.08. The van der Waals surface area contributed by atoms with Crippen LogP contribution in [0.5, 0.6) is 0 Å². The zero-order valence-corrected chi connectivity index (χ0v) is 13.2. The molecule has 110 valence electrons. The molecular weight excluding hydrogens is 270 g/mol. The lowest BCUT2D eigenvalue weighted by atomic mass is 10.0. The SMILES string of the molecule is CCN1CCCC1CN(C)c1nc2c(s1)CCCC2=O. The lowest BCUT2D eigenvalue weighted by Crippen LogP contribution is -2.38. The fourth-order valence-corrected chi connectivity index (χ4v) is 4.42. The number of aromatic nitrogens is 1. The number of ketones is 1. The van der Waals surface area contributed by atoms with Gasteiger partial charge in [-0.05, 0) is 38.8 Å². The first-order valence-corrected chi connectivity index (χ1v) is 8.48. The summed E-state index contributed by atoms with van der Waals surface area (Å²) in [6, 6.07) is 0.640. The second-order valence-corrected chi connectivity index (χ2v) is 6.91. The highest BCUT2D eigenvalue weighted by Gasteiger charge is 2.27. The highest BCUT2D eigenvalue weighted by Crippen LogP contribution is 2.32. The Hall–Kier alpha value is -0.940. The van der Waals surface area contributed by atoms with Gasteiger partial charge in [-0.1, -0.05) is 6.92 Å². The maximum atomic E-state index is 11.9. The fourth-order valence-electron chi connectivity index (χ4n) is 3.33. The van der Waals surface area contributed by atoms with E-state index in [1.165, 1.54) is 24.3 Å². The van der Waals surface area contributed by atoms with Crippen LogP contribution in [-0.2, 0) is 6.42 Å². The third-order valence-electron chi connectivity index (χ3n) is 4.47. The van der Waals surface area contributed by atoms with Crippen molar-refractivity contribution >= 4 is 22.3 Å². The molecule has 1 atom stereocenters. The number of carbonyl (C=O) groups is 1. The first kappa shape index (κ1) is 14.0. The minimum Gasteiger partial charge on any atom is -0.350 e. The molecule has 3 rings (SSSR count). The van der Waals surface area contributed by atoms with Gasteiger partial charge in [-0.25, -0.2) is 4.98 Å². The molecule has 20 heavy (non-hydrogen) atoms. The third-order valence-corrected chi connectivity index (χ3v) is 5.70. The molecule has 0 amide bonds. The number of fused-ring (bicyclic) bond motifs is 1. The number of thiazole rings is 1. The number of anilines is 1. The van der Waals surface area contributed by atoms with Crippen molar-refractivity contribution in [1.82, 2.24) is 9.88 Å². The van der Waals surface area contributed by atoms with Crippen LogP contribution in [0.15, 0.2) is 0 Å². The summed E-state index contributed by atoms with van der Waals surface area (Å²) in [6.07, 6.45) is 5.27. The van der Waals surface area contributed by atoms with E-state index in [9.17, 15) is 4.79 Å². The van der Waals surface area contributed by atoms with Crippen LogP contribution in [0.4, 0.5) is 5.13 Å². The van der Waals surface area contributed by atoms with Crippen LogP contribution in [0, 0.1) is 0 Å². The van der Waals surface area contributed by atoms with Gasteiger partial charge >= 0.3 is 0 Å². The normalized spacial score (nSPS) is 23.1. The van der Waals surface area contributed by atoms with Crippen LogP contribution in [0.25, 0.3) is 0 Å². The molecule has 1 aromatic rings. The average Bonchev–Trinajstić information content (AvgIpc) is 3.05. The zero-order valence-electron chi connectivity index (χ0n) is 12.4. The number of aryl methyl sites for hydroxylation is 1. The maximum Gasteiger partial charge on any atom is 0.186 e. The highest BCUT2D eigenvalue weighted by atomic mass is 32.1. The second kappa shape index (κ2) is 5.82. The van der Waals surface area contributed by atoms with Gasteiger partial charge in [-0.15, -0.1) is 11.3 Å². The van der Waals surface area contributed by atoms with E-state index in [1.807, 2.05) is 0 Å². The summed E-state index contributed by atoms with van der Waals surface area (Å²) in [7, 11) is 2.11. The number of rotatable bonds is 4. The number of hydrogen-bond donors (Lipinski definition) is 0. The minimum atomic E-state index is 0.234. The van der Waals surface area contributed by atoms with Gasteiger partial charge in [0.25, 0.3) is 0 Å². The topological polar surface area (TPSA) is 36.4 Å². The van der Waals surface area contributed by atoms with Gasteiger partial charge < -0.3 is 4.90 Å². The van der Waals surface area contributed by atoms with Gasteiger partial charge in [0.05, 0.1) is 0 Å². The summed E-state index contributed by atoms with van der Waals surface area (Å²) < 4.78 is 0. The van der Waals surface area contributed by atoms with Crippen LogP contribution in [0.2, 0.25) is 0 Å². The number of likely N-dealkylation sites (tertiary alicyclic amines) is 1. The monoisotopic (exact) mass is 293 g/mol. The van der Waals surface area contributed by atoms with Crippen molar-refractivity contribution in [3.8, 4) is 0 Å². The molecule has 5 heteroatoms. The summed E-state index contributed by atoms with van der Waals surface area (Å²) in [5.41, 5.74) is 0.752. The molecule has 1 aromatic heterocycles. The van der Waals surface area contributed by atoms with Crippen LogP contribution < -0.4 is 4.90 Å². The Morgan fingerprint density at radius 3 is 3.00 bits per heavy atom. The molecule has 1 fully saturated rings. The molecule has 4 nitrogen and oxygen atoms in total. The summed E-state index contributed by atoms with van der Waals surface area (Å²) in [5, 5.41) is 1.02. The molecule has 2 aliphatic rings. The number of nitrogens with zero attached hydrogens (tertiary/aromatic N) is 3. The molecule has 1 aliphatic carbocycles. The highest BCUT2D eigenvalue weighted by molar-refractivity contribution is 7.16. The van der Waals surface area contributed by atoms with Crippen molar-refractivity contribution in [3.63, 3.8) is 0 Å². The smallest absolute Gasteiger partial charge is 0.186 e. The quantitative estimate of drug-likeness (QED) is 0.855. The molecule has 0 aromatic carbocycles. The van der Waals surface area contributed by atoms with Crippen molar-refractivity contribution < 1.29 is 4.79 Å². The van der Waals surface area contributed by atoms with Crippen molar-refractivity contribution in [1.29, 1.82) is 0 Å². The van der Waals surface area contributed by atoms with Gasteiger partial charge in [0.15, 0.2) is 10.9 Å². The Morgan fingerprint density at radius 1 is 1.40 bits per heavy atom. The molecule has 0 radical (unpaired) electrons. The first-order valence-electron chi connectivity index (χ1n) is 7.67. The molecule has 0 saturated carbocycles. The summed E-state index contributed by atoms with van der Waals surface area (Å²) in [6.45, 7) is 5.61. The summed E-state index contributed by atoms with van der Waals surface area (Å²) in [5.74, 6) is 0.234. The molecule has 1 unspecified atom stereocenters. The predicted octanol–water partition coefficient (Wildman–Crippen LogP) is 2.58. The largest absolute Gasteiger partial charge is 0.350 e. The van der Waals surface area contributed by atoms with Crippen LogP contribution >= 0.6 is 11.3 Å². The van der Waals surface area contributed by atoms with Gasteiger partial charge in [-0.2, -0.15) is 0 Å². The van der Waals surface area contributed by atoms with E-state index in [1.54, 1.807) is 11.3 Å². The van der Waals surface area contributed by atoms with Crippen molar-refractivity contribution in [3.05, 3.63) is 10.6 Å². The second-order valence-electron chi connectivity index (χ2n) is 5.85. The number of Topliss-reactive ketones (excluding diaryl/α,β-unsaturated/α-hetero) is 1.